The zero-order valence-electron chi connectivity index (χ0n) is 16.4. The highest BCUT2D eigenvalue weighted by Gasteiger charge is 2.34. The van der Waals surface area contributed by atoms with Gasteiger partial charge in [0.25, 0.3) is 5.91 Å². The van der Waals surface area contributed by atoms with Crippen LogP contribution in [0.1, 0.15) is 47.6 Å². The molecule has 4 rings (SSSR count). The van der Waals surface area contributed by atoms with Gasteiger partial charge in [0.2, 0.25) is 17.6 Å². The Labute approximate surface area is 168 Å². The predicted molar refractivity (Wildman–Crippen MR) is 108 cm³/mol. The van der Waals surface area contributed by atoms with E-state index in [0.717, 1.165) is 24.0 Å². The number of likely N-dealkylation sites (tertiary alicyclic amines) is 1. The van der Waals surface area contributed by atoms with Crippen molar-refractivity contribution in [3.63, 3.8) is 0 Å². The van der Waals surface area contributed by atoms with E-state index < -0.39 is 0 Å². The highest BCUT2D eigenvalue weighted by atomic mass is 16.5. The Morgan fingerprint density at radius 1 is 1.17 bits per heavy atom. The van der Waals surface area contributed by atoms with Crippen LogP contribution in [-0.4, -0.2) is 33.4 Å². The predicted octanol–water partition coefficient (Wildman–Crippen LogP) is 3.98. The molecule has 2 amide bonds. The molecule has 1 aromatic heterocycles. The number of carbonyl (C=O) groups excluding carboxylic acids is 2. The summed E-state index contributed by atoms with van der Waals surface area (Å²) in [6, 6.07) is 14.6. The van der Waals surface area contributed by atoms with E-state index in [9.17, 15) is 9.59 Å². The van der Waals surface area contributed by atoms with Gasteiger partial charge in [-0.25, -0.2) is 0 Å². The van der Waals surface area contributed by atoms with Crippen LogP contribution in [0.25, 0.3) is 11.4 Å². The number of benzene rings is 2. The minimum atomic E-state index is -0.252. The van der Waals surface area contributed by atoms with Crippen molar-refractivity contribution in [3.8, 4) is 11.4 Å². The lowest BCUT2D eigenvalue weighted by molar-refractivity contribution is -0.114. The van der Waals surface area contributed by atoms with Crippen LogP contribution in [0.3, 0.4) is 0 Å². The van der Waals surface area contributed by atoms with Gasteiger partial charge >= 0.3 is 0 Å². The SMILES string of the molecule is CC(=O)Nc1cccc(C(=O)N2CCCC2c2nc(-c3cccc(C)c3)no2)c1. The van der Waals surface area contributed by atoms with Crippen LogP contribution in [0, 0.1) is 6.92 Å². The Morgan fingerprint density at radius 2 is 2.00 bits per heavy atom. The largest absolute Gasteiger partial charge is 0.337 e. The number of nitrogens with zero attached hydrogens (tertiary/aromatic N) is 3. The van der Waals surface area contributed by atoms with Gasteiger partial charge in [0.05, 0.1) is 0 Å². The first kappa shape index (κ1) is 18.9. The van der Waals surface area contributed by atoms with Gasteiger partial charge in [-0.05, 0) is 44.0 Å². The van der Waals surface area contributed by atoms with Crippen LogP contribution in [-0.2, 0) is 4.79 Å². The third kappa shape index (κ3) is 4.03. The van der Waals surface area contributed by atoms with Gasteiger partial charge in [0.15, 0.2) is 0 Å². The second-order valence-corrected chi connectivity index (χ2v) is 7.24. The quantitative estimate of drug-likeness (QED) is 0.728. The molecule has 1 aliphatic rings. The Morgan fingerprint density at radius 3 is 2.79 bits per heavy atom. The summed E-state index contributed by atoms with van der Waals surface area (Å²) in [5.74, 6) is 0.680. The first-order valence-corrected chi connectivity index (χ1v) is 9.60. The van der Waals surface area contributed by atoms with Crippen LogP contribution >= 0.6 is 0 Å². The molecule has 1 fully saturated rings. The van der Waals surface area contributed by atoms with Gasteiger partial charge in [-0.2, -0.15) is 4.98 Å². The molecule has 7 nitrogen and oxygen atoms in total. The number of rotatable bonds is 4. The number of hydrogen-bond acceptors (Lipinski definition) is 5. The Kier molecular flexibility index (Phi) is 5.12. The monoisotopic (exact) mass is 390 g/mol. The Hall–Kier alpha value is -3.48. The van der Waals surface area contributed by atoms with Gasteiger partial charge in [0, 0.05) is 30.3 Å². The fourth-order valence-corrected chi connectivity index (χ4v) is 3.64. The maximum Gasteiger partial charge on any atom is 0.254 e. The van der Waals surface area contributed by atoms with Gasteiger partial charge in [0.1, 0.15) is 6.04 Å². The van der Waals surface area contributed by atoms with Crippen molar-refractivity contribution in [1.29, 1.82) is 0 Å². The molecule has 0 saturated carbocycles. The number of aryl methyl sites for hydroxylation is 1. The summed E-state index contributed by atoms with van der Waals surface area (Å²) in [4.78, 5) is 30.7. The first-order chi connectivity index (χ1) is 14.0. The smallest absolute Gasteiger partial charge is 0.254 e. The molecule has 29 heavy (non-hydrogen) atoms. The molecule has 3 aromatic rings. The molecule has 0 spiro atoms. The van der Waals surface area contributed by atoms with Gasteiger partial charge in [-0.15, -0.1) is 0 Å². The topological polar surface area (TPSA) is 88.3 Å². The molecule has 148 valence electrons. The summed E-state index contributed by atoms with van der Waals surface area (Å²) in [6.45, 7) is 4.07. The molecule has 7 heteroatoms. The lowest BCUT2D eigenvalue weighted by Gasteiger charge is -2.22. The van der Waals surface area contributed by atoms with Crippen molar-refractivity contribution in [2.75, 3.05) is 11.9 Å². The van der Waals surface area contributed by atoms with E-state index in [0.29, 0.717) is 29.5 Å². The minimum absolute atomic E-state index is 0.116. The summed E-state index contributed by atoms with van der Waals surface area (Å²) in [5, 5.41) is 6.82. The lowest BCUT2D eigenvalue weighted by Crippen LogP contribution is -2.30. The van der Waals surface area contributed by atoms with Crippen molar-refractivity contribution in [2.45, 2.75) is 32.7 Å². The fourth-order valence-electron chi connectivity index (χ4n) is 3.64. The molecule has 1 atom stereocenters. The molecule has 1 aliphatic heterocycles. The zero-order chi connectivity index (χ0) is 20.4. The van der Waals surface area contributed by atoms with E-state index in [1.54, 1.807) is 29.2 Å². The Balaban J connectivity index is 1.57. The van der Waals surface area contributed by atoms with Crippen LogP contribution in [0.4, 0.5) is 5.69 Å². The van der Waals surface area contributed by atoms with Crippen LogP contribution in [0.15, 0.2) is 53.1 Å². The summed E-state index contributed by atoms with van der Waals surface area (Å²) in [5.41, 5.74) is 3.12. The van der Waals surface area contributed by atoms with Gasteiger partial charge in [-0.3, -0.25) is 9.59 Å². The van der Waals surface area contributed by atoms with E-state index in [1.807, 2.05) is 31.2 Å². The van der Waals surface area contributed by atoms with Crippen LogP contribution in [0.5, 0.6) is 0 Å². The van der Waals surface area contributed by atoms with Crippen molar-refractivity contribution in [1.82, 2.24) is 15.0 Å². The number of amides is 2. The van der Waals surface area contributed by atoms with E-state index in [-0.39, 0.29) is 17.9 Å². The Bertz CT molecular complexity index is 1060. The number of anilines is 1. The van der Waals surface area contributed by atoms with Crippen molar-refractivity contribution in [2.24, 2.45) is 0 Å². The summed E-state index contributed by atoms with van der Waals surface area (Å²) in [7, 11) is 0. The minimum Gasteiger partial charge on any atom is -0.337 e. The lowest BCUT2D eigenvalue weighted by atomic mass is 10.1. The number of nitrogens with one attached hydrogen (secondary N) is 1. The maximum atomic E-state index is 13.1. The molecule has 1 unspecified atom stereocenters. The summed E-state index contributed by atoms with van der Waals surface area (Å²) in [6.07, 6.45) is 1.64. The second-order valence-electron chi connectivity index (χ2n) is 7.24. The molecule has 0 aliphatic carbocycles. The van der Waals surface area contributed by atoms with Crippen LogP contribution < -0.4 is 5.32 Å². The first-order valence-electron chi connectivity index (χ1n) is 9.60. The van der Waals surface area contributed by atoms with Crippen molar-refractivity contribution < 1.29 is 14.1 Å². The van der Waals surface area contributed by atoms with E-state index in [2.05, 4.69) is 15.5 Å². The number of carbonyl (C=O) groups is 2. The third-order valence-corrected chi connectivity index (χ3v) is 4.95. The normalized spacial score (nSPS) is 16.1. The average Bonchev–Trinajstić information content (AvgIpc) is 3.36. The van der Waals surface area contributed by atoms with Gasteiger partial charge < -0.3 is 14.7 Å². The maximum absolute atomic E-state index is 13.1. The van der Waals surface area contributed by atoms with Crippen molar-refractivity contribution >= 4 is 17.5 Å². The zero-order valence-corrected chi connectivity index (χ0v) is 16.4. The third-order valence-electron chi connectivity index (χ3n) is 4.95. The number of hydrogen-bond donors (Lipinski definition) is 1. The summed E-state index contributed by atoms with van der Waals surface area (Å²) >= 11 is 0. The highest BCUT2D eigenvalue weighted by Crippen LogP contribution is 2.33. The molecule has 2 heterocycles. The average molecular weight is 390 g/mol. The molecule has 1 saturated heterocycles. The van der Waals surface area contributed by atoms with E-state index in [4.69, 9.17) is 4.52 Å². The molecule has 2 aromatic carbocycles. The van der Waals surface area contributed by atoms with Crippen molar-refractivity contribution in [3.05, 3.63) is 65.5 Å². The molecule has 0 radical (unpaired) electrons. The molecular formula is C22H22N4O3. The second kappa shape index (κ2) is 7.87. The number of aromatic nitrogens is 2. The summed E-state index contributed by atoms with van der Waals surface area (Å²) < 4.78 is 5.52. The standard InChI is InChI=1S/C22H22N4O3/c1-14-6-3-7-16(12-14)20-24-21(29-25-20)19-10-5-11-26(19)22(28)17-8-4-9-18(13-17)23-15(2)27/h3-4,6-9,12-13,19H,5,10-11H2,1-2H3,(H,23,27). The van der Waals surface area contributed by atoms with Crippen LogP contribution in [0.2, 0.25) is 0 Å². The van der Waals surface area contributed by atoms with E-state index in [1.165, 1.54) is 6.92 Å². The fraction of sp³-hybridized carbons (Fsp3) is 0.273. The highest BCUT2D eigenvalue weighted by molar-refractivity contribution is 5.97. The van der Waals surface area contributed by atoms with E-state index >= 15 is 0 Å². The molecule has 0 bridgehead atoms. The molecule has 1 N–H and O–H groups in total. The van der Waals surface area contributed by atoms with Gasteiger partial charge in [-0.1, -0.05) is 35.0 Å². The molecular weight excluding hydrogens is 368 g/mol.